The molecule has 0 aromatic heterocycles. The van der Waals surface area contributed by atoms with Crippen LogP contribution in [0.15, 0.2) is 42.5 Å². The van der Waals surface area contributed by atoms with E-state index in [2.05, 4.69) is 10.1 Å². The second-order valence-corrected chi connectivity index (χ2v) is 5.66. The molecule has 24 heavy (non-hydrogen) atoms. The van der Waals surface area contributed by atoms with Gasteiger partial charge in [0, 0.05) is 16.6 Å². The Hall–Kier alpha value is -2.24. The van der Waals surface area contributed by atoms with Gasteiger partial charge in [0.25, 0.3) is 5.91 Å². The van der Waals surface area contributed by atoms with Crippen molar-refractivity contribution in [3.05, 3.63) is 63.6 Å². The van der Waals surface area contributed by atoms with Gasteiger partial charge in [-0.05, 0) is 35.9 Å². The molecule has 2 aromatic rings. The first-order chi connectivity index (χ1) is 11.5. The van der Waals surface area contributed by atoms with E-state index in [1.165, 1.54) is 13.2 Å². The zero-order valence-corrected chi connectivity index (χ0v) is 14.4. The summed E-state index contributed by atoms with van der Waals surface area (Å²) in [5.74, 6) is -0.385. The van der Waals surface area contributed by atoms with Crippen molar-refractivity contribution in [3.63, 3.8) is 0 Å². The van der Waals surface area contributed by atoms with Crippen LogP contribution >= 0.6 is 23.2 Å². The fourth-order valence-electron chi connectivity index (χ4n) is 1.89. The van der Waals surface area contributed by atoms with E-state index in [-0.39, 0.29) is 19.1 Å². The van der Waals surface area contributed by atoms with Gasteiger partial charge in [0.15, 0.2) is 6.61 Å². The van der Waals surface area contributed by atoms with Gasteiger partial charge < -0.3 is 14.8 Å². The van der Waals surface area contributed by atoms with E-state index >= 15 is 0 Å². The highest BCUT2D eigenvalue weighted by Gasteiger charge is 2.08. The minimum Gasteiger partial charge on any atom is -0.484 e. The summed E-state index contributed by atoms with van der Waals surface area (Å²) in [6.45, 7) is 0.0796. The lowest BCUT2D eigenvalue weighted by Crippen LogP contribution is -2.28. The van der Waals surface area contributed by atoms with Crippen molar-refractivity contribution in [1.82, 2.24) is 5.32 Å². The third-order valence-electron chi connectivity index (χ3n) is 3.12. The van der Waals surface area contributed by atoms with Crippen LogP contribution in [0.25, 0.3) is 0 Å². The number of benzene rings is 2. The SMILES string of the molecule is COC(=O)c1cccc(OCC(=O)NCc2ccc(Cl)cc2Cl)c1. The number of halogens is 2. The van der Waals surface area contributed by atoms with Gasteiger partial charge in [0.2, 0.25) is 0 Å². The molecule has 2 rings (SSSR count). The fourth-order valence-corrected chi connectivity index (χ4v) is 2.36. The topological polar surface area (TPSA) is 64.6 Å². The minimum absolute atomic E-state index is 0.185. The average Bonchev–Trinajstić information content (AvgIpc) is 2.58. The zero-order valence-electron chi connectivity index (χ0n) is 12.8. The molecule has 0 aliphatic carbocycles. The number of hydrogen-bond donors (Lipinski definition) is 1. The van der Waals surface area contributed by atoms with Gasteiger partial charge in [-0.15, -0.1) is 0 Å². The van der Waals surface area contributed by atoms with Crippen LogP contribution in [0.3, 0.4) is 0 Å². The lowest BCUT2D eigenvalue weighted by Gasteiger charge is -2.09. The molecule has 0 heterocycles. The molecule has 0 saturated carbocycles. The standard InChI is InChI=1S/C17H15Cl2NO4/c1-23-17(22)11-3-2-4-14(7-11)24-10-16(21)20-9-12-5-6-13(18)8-15(12)19/h2-8H,9-10H2,1H3,(H,20,21). The number of amides is 1. The molecule has 0 aliphatic heterocycles. The zero-order chi connectivity index (χ0) is 17.5. The summed E-state index contributed by atoms with van der Waals surface area (Å²) < 4.78 is 10.00. The van der Waals surface area contributed by atoms with E-state index in [4.69, 9.17) is 27.9 Å². The fraction of sp³-hybridized carbons (Fsp3) is 0.176. The molecule has 1 N–H and O–H groups in total. The van der Waals surface area contributed by atoms with Crippen LogP contribution in [0.5, 0.6) is 5.75 Å². The molecule has 0 spiro atoms. The van der Waals surface area contributed by atoms with Crippen LogP contribution in [0.1, 0.15) is 15.9 Å². The maximum absolute atomic E-state index is 11.8. The number of nitrogens with one attached hydrogen (secondary N) is 1. The van der Waals surface area contributed by atoms with Gasteiger partial charge in [0.1, 0.15) is 5.75 Å². The van der Waals surface area contributed by atoms with Gasteiger partial charge in [0.05, 0.1) is 12.7 Å². The van der Waals surface area contributed by atoms with Crippen molar-refractivity contribution in [1.29, 1.82) is 0 Å². The molecule has 0 unspecified atom stereocenters. The van der Waals surface area contributed by atoms with Gasteiger partial charge in [-0.1, -0.05) is 35.3 Å². The molecule has 2 aromatic carbocycles. The van der Waals surface area contributed by atoms with E-state index in [9.17, 15) is 9.59 Å². The van der Waals surface area contributed by atoms with Crippen LogP contribution in [0.2, 0.25) is 10.0 Å². The number of hydrogen-bond acceptors (Lipinski definition) is 4. The highest BCUT2D eigenvalue weighted by molar-refractivity contribution is 6.35. The third kappa shape index (κ3) is 5.15. The Morgan fingerprint density at radius 3 is 2.62 bits per heavy atom. The highest BCUT2D eigenvalue weighted by Crippen LogP contribution is 2.20. The first-order valence-electron chi connectivity index (χ1n) is 7.01. The van der Waals surface area contributed by atoms with Gasteiger partial charge in [-0.2, -0.15) is 0 Å². The summed E-state index contributed by atoms with van der Waals surface area (Å²) in [6.07, 6.45) is 0. The van der Waals surface area contributed by atoms with Gasteiger partial charge in [-0.3, -0.25) is 4.79 Å². The Kier molecular flexibility index (Phi) is 6.46. The molecular formula is C17H15Cl2NO4. The van der Waals surface area contributed by atoms with Crippen LogP contribution < -0.4 is 10.1 Å². The van der Waals surface area contributed by atoms with Crippen molar-refractivity contribution in [3.8, 4) is 5.75 Å². The number of carbonyl (C=O) groups is 2. The molecular weight excluding hydrogens is 353 g/mol. The molecule has 0 atom stereocenters. The number of methoxy groups -OCH3 is 1. The van der Waals surface area contributed by atoms with Crippen LogP contribution in [0, 0.1) is 0 Å². The van der Waals surface area contributed by atoms with Crippen molar-refractivity contribution in [2.45, 2.75) is 6.54 Å². The predicted molar refractivity (Wildman–Crippen MR) is 91.6 cm³/mol. The summed E-state index contributed by atoms with van der Waals surface area (Å²) in [4.78, 5) is 23.3. The Morgan fingerprint density at radius 1 is 1.12 bits per heavy atom. The number of rotatable bonds is 6. The molecule has 5 nitrogen and oxygen atoms in total. The molecule has 0 bridgehead atoms. The molecule has 0 fully saturated rings. The quantitative estimate of drug-likeness (QED) is 0.793. The normalized spacial score (nSPS) is 10.1. The number of carbonyl (C=O) groups excluding carboxylic acids is 2. The van der Waals surface area contributed by atoms with Crippen molar-refractivity contribution >= 4 is 35.1 Å². The Morgan fingerprint density at radius 2 is 1.92 bits per heavy atom. The Bertz CT molecular complexity index is 749. The third-order valence-corrected chi connectivity index (χ3v) is 3.70. The predicted octanol–water partition coefficient (Wildman–Crippen LogP) is 3.48. The van der Waals surface area contributed by atoms with E-state index < -0.39 is 5.97 Å². The summed E-state index contributed by atoms with van der Waals surface area (Å²) >= 11 is 11.9. The first-order valence-corrected chi connectivity index (χ1v) is 7.77. The monoisotopic (exact) mass is 367 g/mol. The lowest BCUT2D eigenvalue weighted by molar-refractivity contribution is -0.123. The van der Waals surface area contributed by atoms with E-state index in [0.717, 1.165) is 5.56 Å². The molecule has 0 radical (unpaired) electrons. The number of ether oxygens (including phenoxy) is 2. The molecule has 126 valence electrons. The molecule has 7 heteroatoms. The highest BCUT2D eigenvalue weighted by atomic mass is 35.5. The van der Waals surface area contributed by atoms with E-state index in [1.54, 1.807) is 36.4 Å². The first kappa shape index (κ1) is 18.1. The van der Waals surface area contributed by atoms with Crippen molar-refractivity contribution in [2.75, 3.05) is 13.7 Å². The summed E-state index contributed by atoms with van der Waals surface area (Å²) in [6, 6.07) is 11.5. The molecule has 0 saturated heterocycles. The Labute approximate surface area is 149 Å². The summed E-state index contributed by atoms with van der Waals surface area (Å²) in [7, 11) is 1.30. The summed E-state index contributed by atoms with van der Waals surface area (Å²) in [5.41, 5.74) is 1.10. The summed E-state index contributed by atoms with van der Waals surface area (Å²) in [5, 5.41) is 3.71. The Balaban J connectivity index is 1.86. The second kappa shape index (κ2) is 8.57. The van der Waals surface area contributed by atoms with E-state index in [1.807, 2.05) is 0 Å². The van der Waals surface area contributed by atoms with Gasteiger partial charge >= 0.3 is 5.97 Å². The smallest absolute Gasteiger partial charge is 0.337 e. The van der Waals surface area contributed by atoms with Crippen molar-refractivity contribution in [2.24, 2.45) is 0 Å². The molecule has 1 amide bonds. The van der Waals surface area contributed by atoms with Crippen LogP contribution in [0.4, 0.5) is 0 Å². The van der Waals surface area contributed by atoms with Crippen LogP contribution in [-0.2, 0) is 16.1 Å². The van der Waals surface area contributed by atoms with Crippen LogP contribution in [-0.4, -0.2) is 25.6 Å². The minimum atomic E-state index is -0.470. The largest absolute Gasteiger partial charge is 0.484 e. The lowest BCUT2D eigenvalue weighted by atomic mass is 10.2. The average molecular weight is 368 g/mol. The van der Waals surface area contributed by atoms with Gasteiger partial charge in [-0.25, -0.2) is 4.79 Å². The maximum Gasteiger partial charge on any atom is 0.337 e. The number of esters is 1. The van der Waals surface area contributed by atoms with E-state index in [0.29, 0.717) is 21.4 Å². The maximum atomic E-state index is 11.8. The molecule has 0 aliphatic rings. The van der Waals surface area contributed by atoms with Crippen molar-refractivity contribution < 1.29 is 19.1 Å². The second-order valence-electron chi connectivity index (χ2n) is 4.82.